The van der Waals surface area contributed by atoms with Gasteiger partial charge in [0.15, 0.2) is 0 Å². The number of nitrogens with one attached hydrogen (secondary N) is 1. The number of H-pyrrole nitrogens is 1. The summed E-state index contributed by atoms with van der Waals surface area (Å²) >= 11 is 0. The third-order valence-electron chi connectivity index (χ3n) is 0.576. The molecular weight excluding hydrogens is 78.1 g/mol. The Morgan fingerprint density at radius 1 is 1.83 bits per heavy atom. The van der Waals surface area contributed by atoms with Crippen LogP contribution in [0.15, 0.2) is 12.7 Å². The lowest BCUT2D eigenvalue weighted by Crippen LogP contribution is -2.22. The van der Waals surface area contributed by atoms with Crippen molar-refractivity contribution in [3.05, 3.63) is 12.7 Å². The topological polar surface area (TPSA) is 32.6 Å². The van der Waals surface area contributed by atoms with Gasteiger partial charge in [0.05, 0.1) is 7.05 Å². The lowest BCUT2D eigenvalue weighted by molar-refractivity contribution is -0.671. The predicted molar refractivity (Wildman–Crippen MR) is 19.8 cm³/mol. The van der Waals surface area contributed by atoms with Crippen LogP contribution in [0.5, 0.6) is 0 Å². The van der Waals surface area contributed by atoms with E-state index in [1.54, 1.807) is 12.7 Å². The average molecular weight is 84.1 g/mol. The summed E-state index contributed by atoms with van der Waals surface area (Å²) in [6.07, 6.45) is 3.46. The highest BCUT2D eigenvalue weighted by atomic mass is 15.2. The lowest BCUT2D eigenvalue weighted by atomic mass is 11.1. The van der Waals surface area contributed by atoms with E-state index >= 15 is 0 Å². The number of aryl methyl sites for hydroxylation is 1. The van der Waals surface area contributed by atoms with Crippen LogP contribution in [-0.4, -0.2) is 10.2 Å². The summed E-state index contributed by atoms with van der Waals surface area (Å²) in [6.45, 7) is 0. The van der Waals surface area contributed by atoms with Crippen LogP contribution in [0, 0.1) is 0 Å². The summed E-state index contributed by atoms with van der Waals surface area (Å²) in [5.74, 6) is 0. The van der Waals surface area contributed by atoms with Crippen LogP contribution < -0.4 is 4.57 Å². The first-order chi connectivity index (χ1) is 2.89. The van der Waals surface area contributed by atoms with Crippen molar-refractivity contribution in [2.75, 3.05) is 0 Å². The molecule has 0 amide bonds. The molecule has 1 rings (SSSR count). The van der Waals surface area contributed by atoms with Gasteiger partial charge in [-0.3, -0.25) is 0 Å². The van der Waals surface area contributed by atoms with Gasteiger partial charge < -0.3 is 0 Å². The zero-order valence-corrected chi connectivity index (χ0v) is 3.55. The summed E-state index contributed by atoms with van der Waals surface area (Å²) in [5, 5.41) is 6.30. The van der Waals surface area contributed by atoms with Gasteiger partial charge in [-0.25, -0.2) is 4.57 Å². The SMILES string of the molecule is C[n+]1cn[nH]c1. The summed E-state index contributed by atoms with van der Waals surface area (Å²) in [5.41, 5.74) is 0. The second-order valence-corrected chi connectivity index (χ2v) is 1.17. The van der Waals surface area contributed by atoms with E-state index in [1.165, 1.54) is 0 Å². The number of aromatic amines is 1. The van der Waals surface area contributed by atoms with Crippen LogP contribution in [0.3, 0.4) is 0 Å². The average Bonchev–Trinajstić information content (AvgIpc) is 1.86. The van der Waals surface area contributed by atoms with Crippen molar-refractivity contribution in [3.8, 4) is 0 Å². The molecule has 3 nitrogen and oxygen atoms in total. The predicted octanol–water partition coefficient (Wildman–Crippen LogP) is -0.766. The van der Waals surface area contributed by atoms with E-state index in [4.69, 9.17) is 0 Å². The fourth-order valence-electron chi connectivity index (χ4n) is 0.282. The van der Waals surface area contributed by atoms with Gasteiger partial charge in [0.2, 0.25) is 6.33 Å². The van der Waals surface area contributed by atoms with Crippen LogP contribution in [-0.2, 0) is 7.05 Å². The zero-order chi connectivity index (χ0) is 4.41. The van der Waals surface area contributed by atoms with Crippen molar-refractivity contribution in [2.45, 2.75) is 0 Å². The second kappa shape index (κ2) is 1.08. The van der Waals surface area contributed by atoms with Crippen LogP contribution in [0.1, 0.15) is 0 Å². The normalized spacial score (nSPS) is 8.83. The largest absolute Gasteiger partial charge is 0.264 e. The molecule has 0 radical (unpaired) electrons. The van der Waals surface area contributed by atoms with Crippen molar-refractivity contribution in [3.63, 3.8) is 0 Å². The Bertz CT molecular complexity index is 110. The maximum atomic E-state index is 3.66. The summed E-state index contributed by atoms with van der Waals surface area (Å²) in [6, 6.07) is 0. The molecule has 0 aliphatic rings. The maximum absolute atomic E-state index is 3.66. The first-order valence-electron chi connectivity index (χ1n) is 1.73. The molecule has 0 bridgehead atoms. The Labute approximate surface area is 35.6 Å². The van der Waals surface area contributed by atoms with Gasteiger partial charge >= 0.3 is 0 Å². The fraction of sp³-hybridized carbons (Fsp3) is 0.333. The number of rotatable bonds is 0. The molecule has 0 spiro atoms. The van der Waals surface area contributed by atoms with Crippen LogP contribution in [0.2, 0.25) is 0 Å². The van der Waals surface area contributed by atoms with Crippen LogP contribution in [0.4, 0.5) is 0 Å². The van der Waals surface area contributed by atoms with Gasteiger partial charge in [0.1, 0.15) is 0 Å². The molecule has 1 heterocycles. The Morgan fingerprint density at radius 3 is 2.83 bits per heavy atom. The van der Waals surface area contributed by atoms with E-state index in [-0.39, 0.29) is 0 Å². The highest BCUT2D eigenvalue weighted by molar-refractivity contribution is 4.25. The van der Waals surface area contributed by atoms with E-state index in [0.29, 0.717) is 0 Å². The minimum Gasteiger partial charge on any atom is -0.240 e. The van der Waals surface area contributed by atoms with Gasteiger partial charge in [-0.15, -0.1) is 5.10 Å². The lowest BCUT2D eigenvalue weighted by Gasteiger charge is -1.65. The quantitative estimate of drug-likeness (QED) is 0.411. The van der Waals surface area contributed by atoms with Crippen molar-refractivity contribution in [1.29, 1.82) is 0 Å². The molecule has 0 aromatic carbocycles. The second-order valence-electron chi connectivity index (χ2n) is 1.17. The van der Waals surface area contributed by atoms with Gasteiger partial charge in [-0.2, -0.15) is 0 Å². The van der Waals surface area contributed by atoms with Gasteiger partial charge in [-0.1, -0.05) is 0 Å². The molecule has 0 fully saturated rings. The molecule has 0 atom stereocenters. The Morgan fingerprint density at radius 2 is 2.67 bits per heavy atom. The van der Waals surface area contributed by atoms with Gasteiger partial charge in [0.25, 0.3) is 6.33 Å². The van der Waals surface area contributed by atoms with E-state index in [1.807, 2.05) is 11.6 Å². The molecular formula is C3H6N3+. The first-order valence-corrected chi connectivity index (χ1v) is 1.73. The molecule has 1 aromatic rings. The minimum absolute atomic E-state index is 1.69. The molecule has 32 valence electrons. The van der Waals surface area contributed by atoms with E-state index in [2.05, 4.69) is 10.2 Å². The summed E-state index contributed by atoms with van der Waals surface area (Å²) < 4.78 is 1.83. The number of hydrogen-bond acceptors (Lipinski definition) is 1. The Kier molecular flexibility index (Phi) is 0.602. The highest BCUT2D eigenvalue weighted by Gasteiger charge is 1.80. The molecule has 3 heteroatoms. The van der Waals surface area contributed by atoms with Crippen molar-refractivity contribution in [2.24, 2.45) is 7.05 Å². The van der Waals surface area contributed by atoms with E-state index in [9.17, 15) is 0 Å². The van der Waals surface area contributed by atoms with Gasteiger partial charge in [0, 0.05) is 5.10 Å². The summed E-state index contributed by atoms with van der Waals surface area (Å²) in [4.78, 5) is 0. The molecule has 1 N–H and O–H groups in total. The number of aromatic nitrogens is 3. The molecule has 0 unspecified atom stereocenters. The molecule has 0 aliphatic carbocycles. The smallest absolute Gasteiger partial charge is 0.240 e. The van der Waals surface area contributed by atoms with Crippen molar-refractivity contribution >= 4 is 0 Å². The van der Waals surface area contributed by atoms with Gasteiger partial charge in [-0.05, 0) is 0 Å². The van der Waals surface area contributed by atoms with E-state index in [0.717, 1.165) is 0 Å². The highest BCUT2D eigenvalue weighted by Crippen LogP contribution is 1.49. The fourth-order valence-corrected chi connectivity index (χ4v) is 0.282. The standard InChI is InChI=1S/C3H5N3/c1-6-2-4-5-3-6/h2-3H,1H3/p+1. The Hall–Kier alpha value is -0.860. The molecule has 0 saturated carbocycles. The number of nitrogens with zero attached hydrogens (tertiary/aromatic N) is 2. The van der Waals surface area contributed by atoms with Crippen molar-refractivity contribution < 1.29 is 4.57 Å². The maximum Gasteiger partial charge on any atom is 0.264 e. The summed E-state index contributed by atoms with van der Waals surface area (Å²) in [7, 11) is 1.91. The Balaban J connectivity index is 3.05. The monoisotopic (exact) mass is 84.1 g/mol. The first kappa shape index (κ1) is 3.33. The number of hydrogen-bond donors (Lipinski definition) is 1. The molecule has 0 aliphatic heterocycles. The molecule has 1 aromatic heterocycles. The zero-order valence-electron chi connectivity index (χ0n) is 3.55. The third kappa shape index (κ3) is 0.381. The van der Waals surface area contributed by atoms with Crippen molar-refractivity contribution in [1.82, 2.24) is 10.2 Å². The van der Waals surface area contributed by atoms with E-state index < -0.39 is 0 Å². The minimum atomic E-state index is 1.69. The molecule has 0 saturated heterocycles. The molecule has 6 heavy (non-hydrogen) atoms. The van der Waals surface area contributed by atoms with Crippen LogP contribution >= 0.6 is 0 Å². The third-order valence-corrected chi connectivity index (χ3v) is 0.576. The van der Waals surface area contributed by atoms with Crippen LogP contribution in [0.25, 0.3) is 0 Å².